The van der Waals surface area contributed by atoms with Crippen molar-refractivity contribution in [1.29, 1.82) is 0 Å². The molecule has 5 heteroatoms. The van der Waals surface area contributed by atoms with Gasteiger partial charge in [0.2, 0.25) is 0 Å². The second kappa shape index (κ2) is 4.14. The van der Waals surface area contributed by atoms with Gasteiger partial charge in [-0.1, -0.05) is 11.6 Å². The second-order valence-corrected chi connectivity index (χ2v) is 3.40. The summed E-state index contributed by atoms with van der Waals surface area (Å²) in [6, 6.07) is 8.98. The number of aromatic nitrogens is 2. The maximum Gasteiger partial charge on any atom is 0.135 e. The molecule has 1 aromatic carbocycles. The molecule has 0 saturated carbocycles. The number of hydrogen-bond acceptors (Lipinski definition) is 4. The van der Waals surface area contributed by atoms with Gasteiger partial charge < -0.3 is 11.1 Å². The molecular formula is C10H9ClN4. The van der Waals surface area contributed by atoms with Crippen LogP contribution in [0.5, 0.6) is 0 Å². The highest BCUT2D eigenvalue weighted by atomic mass is 35.5. The van der Waals surface area contributed by atoms with E-state index in [9.17, 15) is 0 Å². The number of nitrogen functional groups attached to an aromatic ring is 1. The van der Waals surface area contributed by atoms with Crippen molar-refractivity contribution < 1.29 is 0 Å². The van der Waals surface area contributed by atoms with Crippen LogP contribution in [0.1, 0.15) is 0 Å². The highest BCUT2D eigenvalue weighted by Gasteiger charge is 1.96. The minimum absolute atomic E-state index is 0.432. The standard InChI is InChI=1S/C10H9ClN4/c11-7-1-3-8(4-2-7)15-10-5-9(12)13-6-14-10/h1-6H,(H3,12,13,14,15). The molecule has 0 aliphatic rings. The summed E-state index contributed by atoms with van der Waals surface area (Å²) in [5.74, 6) is 1.09. The molecule has 1 heterocycles. The van der Waals surface area contributed by atoms with Crippen LogP contribution >= 0.6 is 11.6 Å². The normalized spacial score (nSPS) is 9.93. The highest BCUT2D eigenvalue weighted by Crippen LogP contribution is 2.17. The molecule has 0 amide bonds. The summed E-state index contributed by atoms with van der Waals surface area (Å²) in [7, 11) is 0. The van der Waals surface area contributed by atoms with Gasteiger partial charge in [-0.2, -0.15) is 0 Å². The number of benzene rings is 1. The molecule has 0 radical (unpaired) electrons. The molecule has 0 aliphatic carbocycles. The number of rotatable bonds is 2. The molecule has 0 spiro atoms. The van der Waals surface area contributed by atoms with E-state index >= 15 is 0 Å². The summed E-state index contributed by atoms with van der Waals surface area (Å²) in [5, 5.41) is 3.78. The molecule has 76 valence electrons. The van der Waals surface area contributed by atoms with Crippen LogP contribution in [0.15, 0.2) is 36.7 Å². The minimum atomic E-state index is 0.432. The predicted molar refractivity (Wildman–Crippen MR) is 61.2 cm³/mol. The lowest BCUT2D eigenvalue weighted by atomic mass is 10.3. The minimum Gasteiger partial charge on any atom is -0.384 e. The van der Waals surface area contributed by atoms with Crippen LogP contribution in [-0.4, -0.2) is 9.97 Å². The van der Waals surface area contributed by atoms with Crippen molar-refractivity contribution >= 4 is 28.9 Å². The van der Waals surface area contributed by atoms with Gasteiger partial charge in [-0.15, -0.1) is 0 Å². The molecule has 15 heavy (non-hydrogen) atoms. The van der Waals surface area contributed by atoms with Crippen LogP contribution < -0.4 is 11.1 Å². The Hall–Kier alpha value is -1.81. The van der Waals surface area contributed by atoms with Crippen molar-refractivity contribution in [2.75, 3.05) is 11.1 Å². The molecule has 3 N–H and O–H groups in total. The van der Waals surface area contributed by atoms with Crippen LogP contribution in [0.2, 0.25) is 5.02 Å². The van der Waals surface area contributed by atoms with Crippen LogP contribution in [0.4, 0.5) is 17.3 Å². The first-order valence-corrected chi connectivity index (χ1v) is 4.72. The van der Waals surface area contributed by atoms with Gasteiger partial charge in [-0.25, -0.2) is 9.97 Å². The van der Waals surface area contributed by atoms with Crippen molar-refractivity contribution in [3.05, 3.63) is 41.7 Å². The average molecular weight is 221 g/mol. The number of halogens is 1. The Kier molecular flexibility index (Phi) is 2.69. The van der Waals surface area contributed by atoms with E-state index in [0.717, 1.165) is 5.69 Å². The third kappa shape index (κ3) is 2.57. The lowest BCUT2D eigenvalue weighted by molar-refractivity contribution is 1.18. The molecule has 1 aromatic heterocycles. The zero-order valence-electron chi connectivity index (χ0n) is 7.81. The second-order valence-electron chi connectivity index (χ2n) is 2.96. The maximum atomic E-state index is 5.77. The van der Waals surface area contributed by atoms with E-state index in [4.69, 9.17) is 17.3 Å². The smallest absolute Gasteiger partial charge is 0.135 e. The number of nitrogens with zero attached hydrogens (tertiary/aromatic N) is 2. The maximum absolute atomic E-state index is 5.77. The fourth-order valence-corrected chi connectivity index (χ4v) is 1.25. The van der Waals surface area contributed by atoms with Crippen molar-refractivity contribution in [3.8, 4) is 0 Å². The fourth-order valence-electron chi connectivity index (χ4n) is 1.12. The Morgan fingerprint density at radius 1 is 1.13 bits per heavy atom. The molecule has 0 bridgehead atoms. The highest BCUT2D eigenvalue weighted by molar-refractivity contribution is 6.30. The fraction of sp³-hybridized carbons (Fsp3) is 0. The zero-order chi connectivity index (χ0) is 10.7. The zero-order valence-corrected chi connectivity index (χ0v) is 8.57. The van der Waals surface area contributed by atoms with E-state index < -0.39 is 0 Å². The number of hydrogen-bond donors (Lipinski definition) is 2. The third-order valence-electron chi connectivity index (χ3n) is 1.80. The van der Waals surface area contributed by atoms with E-state index in [0.29, 0.717) is 16.7 Å². The topological polar surface area (TPSA) is 63.8 Å². The molecular weight excluding hydrogens is 212 g/mol. The van der Waals surface area contributed by atoms with Crippen molar-refractivity contribution in [2.45, 2.75) is 0 Å². The van der Waals surface area contributed by atoms with E-state index in [-0.39, 0.29) is 0 Å². The summed E-state index contributed by atoms with van der Waals surface area (Å²) in [4.78, 5) is 7.82. The van der Waals surface area contributed by atoms with Crippen LogP contribution in [0.25, 0.3) is 0 Å². The molecule has 0 aliphatic heterocycles. The van der Waals surface area contributed by atoms with E-state index in [1.165, 1.54) is 6.33 Å². The molecule has 4 nitrogen and oxygen atoms in total. The number of nitrogens with two attached hydrogens (primary N) is 1. The van der Waals surface area contributed by atoms with Crippen LogP contribution in [-0.2, 0) is 0 Å². The summed E-state index contributed by atoms with van der Waals surface area (Å²) < 4.78 is 0. The quantitative estimate of drug-likeness (QED) is 0.816. The van der Waals surface area contributed by atoms with Gasteiger partial charge in [-0.05, 0) is 24.3 Å². The Morgan fingerprint density at radius 2 is 1.87 bits per heavy atom. The molecule has 0 saturated heterocycles. The van der Waals surface area contributed by atoms with Gasteiger partial charge in [0.1, 0.15) is 18.0 Å². The van der Waals surface area contributed by atoms with E-state index in [1.807, 2.05) is 12.1 Å². The monoisotopic (exact) mass is 220 g/mol. The summed E-state index contributed by atoms with van der Waals surface area (Å²) in [6.07, 6.45) is 1.41. The first kappa shape index (κ1) is 9.73. The molecule has 0 atom stereocenters. The lowest BCUT2D eigenvalue weighted by Crippen LogP contribution is -1.96. The largest absolute Gasteiger partial charge is 0.384 e. The SMILES string of the molecule is Nc1cc(Nc2ccc(Cl)cc2)ncn1. The first-order valence-electron chi connectivity index (χ1n) is 4.34. The Labute approximate surface area is 92.1 Å². The van der Waals surface area contributed by atoms with Crippen LogP contribution in [0, 0.1) is 0 Å². The molecule has 0 unspecified atom stereocenters. The summed E-state index contributed by atoms with van der Waals surface area (Å²) in [6.45, 7) is 0. The third-order valence-corrected chi connectivity index (χ3v) is 2.06. The van der Waals surface area contributed by atoms with Gasteiger partial charge in [0, 0.05) is 16.8 Å². The molecule has 0 fully saturated rings. The van der Waals surface area contributed by atoms with Gasteiger partial charge in [0.05, 0.1) is 0 Å². The van der Waals surface area contributed by atoms with E-state index in [1.54, 1.807) is 18.2 Å². The Bertz CT molecular complexity index is 455. The summed E-state index contributed by atoms with van der Waals surface area (Å²) in [5.41, 5.74) is 6.42. The number of anilines is 3. The van der Waals surface area contributed by atoms with Crippen molar-refractivity contribution in [2.24, 2.45) is 0 Å². The van der Waals surface area contributed by atoms with Gasteiger partial charge in [0.15, 0.2) is 0 Å². The van der Waals surface area contributed by atoms with Gasteiger partial charge >= 0.3 is 0 Å². The summed E-state index contributed by atoms with van der Waals surface area (Å²) >= 11 is 5.77. The lowest BCUT2D eigenvalue weighted by Gasteiger charge is -2.05. The van der Waals surface area contributed by atoms with Crippen LogP contribution in [0.3, 0.4) is 0 Å². The van der Waals surface area contributed by atoms with Gasteiger partial charge in [-0.3, -0.25) is 0 Å². The van der Waals surface area contributed by atoms with E-state index in [2.05, 4.69) is 15.3 Å². The predicted octanol–water partition coefficient (Wildman–Crippen LogP) is 2.46. The Morgan fingerprint density at radius 3 is 2.53 bits per heavy atom. The first-order chi connectivity index (χ1) is 7.24. The van der Waals surface area contributed by atoms with Crippen molar-refractivity contribution in [1.82, 2.24) is 9.97 Å². The number of nitrogens with one attached hydrogen (secondary N) is 1. The Balaban J connectivity index is 2.18. The van der Waals surface area contributed by atoms with Crippen molar-refractivity contribution in [3.63, 3.8) is 0 Å². The molecule has 2 rings (SSSR count). The van der Waals surface area contributed by atoms with Gasteiger partial charge in [0.25, 0.3) is 0 Å². The average Bonchev–Trinajstić information content (AvgIpc) is 2.22. The molecule has 2 aromatic rings.